The second-order valence-electron chi connectivity index (χ2n) is 9.14. The molecule has 3 aromatic rings. The first-order valence-electron chi connectivity index (χ1n) is 13.1. The molecule has 0 amide bonds. The van der Waals surface area contributed by atoms with Crippen LogP contribution in [0.2, 0.25) is 0 Å². The molecule has 1 aliphatic rings. The Kier molecular flexibility index (Phi) is 9.12. The zero-order chi connectivity index (χ0) is 28.8. The maximum absolute atomic E-state index is 14.0. The molecule has 8 nitrogen and oxygen atoms in total. The Labute approximate surface area is 237 Å². The first kappa shape index (κ1) is 28.7. The van der Waals surface area contributed by atoms with E-state index >= 15 is 0 Å². The van der Waals surface area contributed by atoms with E-state index in [0.717, 1.165) is 5.56 Å². The maximum atomic E-state index is 14.0. The molecule has 1 aromatic heterocycles. The largest absolute Gasteiger partial charge is 0.491 e. The van der Waals surface area contributed by atoms with Gasteiger partial charge >= 0.3 is 5.97 Å². The third kappa shape index (κ3) is 5.97. The van der Waals surface area contributed by atoms with E-state index in [0.29, 0.717) is 50.0 Å². The van der Waals surface area contributed by atoms with Crippen molar-refractivity contribution in [1.82, 2.24) is 4.57 Å². The lowest BCUT2D eigenvalue weighted by Gasteiger charge is -2.26. The van der Waals surface area contributed by atoms with E-state index in [1.54, 1.807) is 36.6 Å². The molecule has 0 saturated heterocycles. The molecule has 0 spiro atoms. The van der Waals surface area contributed by atoms with Gasteiger partial charge in [-0.15, -0.1) is 6.42 Å². The summed E-state index contributed by atoms with van der Waals surface area (Å²) in [6.45, 7) is 9.97. The van der Waals surface area contributed by atoms with Crippen molar-refractivity contribution in [2.45, 2.75) is 46.8 Å². The van der Waals surface area contributed by atoms with Crippen molar-refractivity contribution < 1.29 is 23.7 Å². The van der Waals surface area contributed by atoms with Gasteiger partial charge in [-0.25, -0.2) is 9.79 Å². The molecule has 0 saturated carbocycles. The van der Waals surface area contributed by atoms with Crippen LogP contribution in [-0.2, 0) is 9.53 Å². The van der Waals surface area contributed by atoms with Crippen LogP contribution in [0.15, 0.2) is 63.5 Å². The van der Waals surface area contributed by atoms with Crippen molar-refractivity contribution in [3.63, 3.8) is 0 Å². The Bertz CT molecular complexity index is 1660. The molecular weight excluding hydrogens is 528 g/mol. The number of aromatic nitrogens is 1. The molecular formula is C31H32N2O6S. The molecule has 1 atom stereocenters. The Balaban J connectivity index is 1.91. The number of ether oxygens (including phenoxy) is 4. The van der Waals surface area contributed by atoms with E-state index in [9.17, 15) is 9.59 Å². The number of fused-ring (bicyclic) bond motifs is 1. The third-order valence-corrected chi connectivity index (χ3v) is 6.95. The normalized spacial score (nSPS) is 14.8. The second-order valence-corrected chi connectivity index (χ2v) is 10.1. The van der Waals surface area contributed by atoms with E-state index in [-0.39, 0.29) is 24.9 Å². The summed E-state index contributed by atoms with van der Waals surface area (Å²) in [5, 5.41) is 0. The lowest BCUT2D eigenvalue weighted by molar-refractivity contribution is -0.139. The van der Waals surface area contributed by atoms with Gasteiger partial charge in [-0.3, -0.25) is 9.36 Å². The molecule has 208 valence electrons. The van der Waals surface area contributed by atoms with Gasteiger partial charge in [0, 0.05) is 5.56 Å². The SMILES string of the molecule is C#CCOc1ccc(/C=c2/sc3n(c2=O)[C@H](c2ccccc2OC(C)C)C(C(=O)OCC)=C(C)N=3)cc1OCC. The summed E-state index contributed by atoms with van der Waals surface area (Å²) < 4.78 is 24.8. The minimum Gasteiger partial charge on any atom is -0.491 e. The summed E-state index contributed by atoms with van der Waals surface area (Å²) in [5.41, 5.74) is 1.92. The van der Waals surface area contributed by atoms with E-state index in [1.807, 2.05) is 51.1 Å². The van der Waals surface area contributed by atoms with Gasteiger partial charge in [-0.2, -0.15) is 0 Å². The predicted molar refractivity (Wildman–Crippen MR) is 155 cm³/mol. The molecule has 1 aliphatic heterocycles. The topological polar surface area (TPSA) is 88.4 Å². The van der Waals surface area contributed by atoms with E-state index in [2.05, 4.69) is 10.9 Å². The van der Waals surface area contributed by atoms with Crippen LogP contribution >= 0.6 is 11.3 Å². The van der Waals surface area contributed by atoms with Crippen molar-refractivity contribution in [2.24, 2.45) is 4.99 Å². The van der Waals surface area contributed by atoms with Crippen molar-refractivity contribution in [3.8, 4) is 29.6 Å². The highest BCUT2D eigenvalue weighted by molar-refractivity contribution is 7.07. The lowest BCUT2D eigenvalue weighted by atomic mass is 9.95. The molecule has 40 heavy (non-hydrogen) atoms. The number of rotatable bonds is 10. The molecule has 0 radical (unpaired) electrons. The van der Waals surface area contributed by atoms with E-state index in [4.69, 9.17) is 25.4 Å². The molecule has 2 heterocycles. The monoisotopic (exact) mass is 560 g/mol. The quantitative estimate of drug-likeness (QED) is 0.275. The molecule has 0 N–H and O–H groups in total. The molecule has 0 fully saturated rings. The Morgan fingerprint density at radius 1 is 1.12 bits per heavy atom. The smallest absolute Gasteiger partial charge is 0.338 e. The predicted octanol–water partition coefficient (Wildman–Crippen LogP) is 4.00. The fourth-order valence-corrected chi connectivity index (χ4v) is 5.47. The van der Waals surface area contributed by atoms with Crippen LogP contribution in [0.25, 0.3) is 6.08 Å². The van der Waals surface area contributed by atoms with Crippen LogP contribution in [0.3, 0.4) is 0 Å². The number of nitrogens with zero attached hydrogens (tertiary/aromatic N) is 2. The summed E-state index contributed by atoms with van der Waals surface area (Å²) in [4.78, 5) is 32.3. The van der Waals surface area contributed by atoms with E-state index in [1.165, 1.54) is 11.3 Å². The van der Waals surface area contributed by atoms with Crippen molar-refractivity contribution in [3.05, 3.63) is 84.5 Å². The van der Waals surface area contributed by atoms with Crippen LogP contribution in [0, 0.1) is 12.3 Å². The highest BCUT2D eigenvalue weighted by Crippen LogP contribution is 2.36. The van der Waals surface area contributed by atoms with Gasteiger partial charge in [0.25, 0.3) is 5.56 Å². The zero-order valence-corrected chi connectivity index (χ0v) is 24.0. The first-order valence-corrected chi connectivity index (χ1v) is 13.9. The lowest BCUT2D eigenvalue weighted by Crippen LogP contribution is -2.40. The molecule has 0 bridgehead atoms. The highest BCUT2D eigenvalue weighted by Gasteiger charge is 2.35. The fourth-order valence-electron chi connectivity index (χ4n) is 4.43. The average Bonchev–Trinajstić information content (AvgIpc) is 3.22. The van der Waals surface area contributed by atoms with Gasteiger partial charge in [-0.1, -0.05) is 41.5 Å². The Morgan fingerprint density at radius 3 is 2.60 bits per heavy atom. The number of para-hydroxylation sites is 1. The molecule has 4 rings (SSSR count). The fraction of sp³-hybridized carbons (Fsp3) is 0.323. The first-order chi connectivity index (χ1) is 19.3. The van der Waals surface area contributed by atoms with Gasteiger partial charge in [0.15, 0.2) is 16.3 Å². The number of allylic oxidation sites excluding steroid dienone is 1. The van der Waals surface area contributed by atoms with Gasteiger partial charge in [0.1, 0.15) is 18.4 Å². The average molecular weight is 561 g/mol. The van der Waals surface area contributed by atoms with Crippen molar-refractivity contribution in [1.29, 1.82) is 0 Å². The summed E-state index contributed by atoms with van der Waals surface area (Å²) in [5.74, 6) is 3.55. The zero-order valence-electron chi connectivity index (χ0n) is 23.2. The van der Waals surface area contributed by atoms with Crippen LogP contribution in [0.1, 0.15) is 51.8 Å². The number of benzene rings is 2. The summed E-state index contributed by atoms with van der Waals surface area (Å²) in [6, 6.07) is 12.0. The number of thiazole rings is 1. The van der Waals surface area contributed by atoms with E-state index < -0.39 is 12.0 Å². The van der Waals surface area contributed by atoms with Gasteiger partial charge < -0.3 is 18.9 Å². The maximum Gasteiger partial charge on any atom is 0.338 e. The second kappa shape index (κ2) is 12.7. The molecule has 9 heteroatoms. The molecule has 0 aliphatic carbocycles. The number of hydrogen-bond acceptors (Lipinski definition) is 8. The van der Waals surface area contributed by atoms with Crippen LogP contribution < -0.4 is 29.1 Å². The number of carbonyl (C=O) groups is 1. The third-order valence-electron chi connectivity index (χ3n) is 5.97. The number of terminal acetylenes is 1. The van der Waals surface area contributed by atoms with Gasteiger partial charge in [-0.05, 0) is 64.5 Å². The highest BCUT2D eigenvalue weighted by atomic mass is 32.1. The minimum atomic E-state index is -0.772. The van der Waals surface area contributed by atoms with Crippen molar-refractivity contribution >= 4 is 23.4 Å². The Morgan fingerprint density at radius 2 is 1.90 bits per heavy atom. The van der Waals surface area contributed by atoms with Crippen LogP contribution in [0.4, 0.5) is 0 Å². The number of hydrogen-bond donors (Lipinski definition) is 0. The number of esters is 1. The van der Waals surface area contributed by atoms with Crippen LogP contribution in [0.5, 0.6) is 17.2 Å². The Hall–Kier alpha value is -4.29. The molecule has 0 unspecified atom stereocenters. The van der Waals surface area contributed by atoms with Crippen LogP contribution in [-0.4, -0.2) is 36.5 Å². The summed E-state index contributed by atoms with van der Waals surface area (Å²) in [7, 11) is 0. The summed E-state index contributed by atoms with van der Waals surface area (Å²) in [6.07, 6.45) is 6.99. The van der Waals surface area contributed by atoms with Gasteiger partial charge in [0.05, 0.1) is 35.1 Å². The van der Waals surface area contributed by atoms with Gasteiger partial charge in [0.2, 0.25) is 0 Å². The number of carbonyl (C=O) groups excluding carboxylic acids is 1. The standard InChI is InChI=1S/C31H32N2O6S/c1-7-16-38-24-15-14-21(17-25(24)36-8-2)18-26-29(34)33-28(22-12-10-11-13-23(22)39-19(4)5)27(30(35)37-9-3)20(6)32-31(33)40-26/h1,10-15,17-19,28H,8-9,16H2,2-6H3/b26-18+/t28-/m1/s1. The summed E-state index contributed by atoms with van der Waals surface area (Å²) >= 11 is 1.25. The minimum absolute atomic E-state index is 0.111. The van der Waals surface area contributed by atoms with Crippen molar-refractivity contribution in [2.75, 3.05) is 19.8 Å². The molecule has 2 aromatic carbocycles.